The molecule has 0 fully saturated rings. The van der Waals surface area contributed by atoms with Crippen molar-refractivity contribution in [2.75, 3.05) is 13.7 Å². The second kappa shape index (κ2) is 5.61. The molecule has 0 atom stereocenters. The van der Waals surface area contributed by atoms with Crippen LogP contribution in [-0.4, -0.2) is 19.2 Å². The van der Waals surface area contributed by atoms with Gasteiger partial charge in [0.15, 0.2) is 0 Å². The zero-order chi connectivity index (χ0) is 14.8. The number of hydrogen-bond acceptors (Lipinski definition) is 2. The summed E-state index contributed by atoms with van der Waals surface area (Å²) >= 11 is 0. The number of methoxy groups -OCH3 is 1. The third-order valence-electron chi connectivity index (χ3n) is 4.07. The Labute approximate surface area is 123 Å². The second-order valence-electron chi connectivity index (χ2n) is 6.97. The summed E-state index contributed by atoms with van der Waals surface area (Å²) in [7, 11) is 1.77. The topological polar surface area (TPSA) is 21.3 Å². The van der Waals surface area contributed by atoms with Crippen molar-refractivity contribution >= 4 is 0 Å². The first-order chi connectivity index (χ1) is 9.36. The van der Waals surface area contributed by atoms with Crippen LogP contribution in [-0.2, 0) is 5.41 Å². The molecule has 110 valence electrons. The highest BCUT2D eigenvalue weighted by atomic mass is 16.5. The summed E-state index contributed by atoms with van der Waals surface area (Å²) in [6.07, 6.45) is 6.75. The third kappa shape index (κ3) is 3.24. The molecule has 0 heterocycles. The van der Waals surface area contributed by atoms with E-state index in [4.69, 9.17) is 4.74 Å². The van der Waals surface area contributed by atoms with Crippen LogP contribution >= 0.6 is 0 Å². The quantitative estimate of drug-likeness (QED) is 0.838. The number of hydrogen-bond donors (Lipinski definition) is 1. The second-order valence-corrected chi connectivity index (χ2v) is 6.97. The van der Waals surface area contributed by atoms with Crippen molar-refractivity contribution in [3.8, 4) is 5.75 Å². The summed E-state index contributed by atoms with van der Waals surface area (Å²) in [5, 5.41) is 3.68. The molecule has 0 aliphatic heterocycles. The zero-order valence-corrected chi connectivity index (χ0v) is 13.4. The van der Waals surface area contributed by atoms with E-state index in [2.05, 4.69) is 63.4 Å². The number of allylic oxidation sites excluding steroid dienone is 2. The first-order valence-corrected chi connectivity index (χ1v) is 7.41. The van der Waals surface area contributed by atoms with E-state index < -0.39 is 0 Å². The maximum Gasteiger partial charge on any atom is 0.122 e. The summed E-state index contributed by atoms with van der Waals surface area (Å²) in [6.45, 7) is 9.78. The normalized spacial score (nSPS) is 17.4. The molecule has 20 heavy (non-hydrogen) atoms. The fraction of sp³-hybridized carbons (Fsp3) is 0.556. The van der Waals surface area contributed by atoms with Gasteiger partial charge in [0.05, 0.1) is 7.11 Å². The molecule has 0 spiro atoms. The van der Waals surface area contributed by atoms with Gasteiger partial charge in [-0.2, -0.15) is 0 Å². The molecule has 1 aromatic rings. The molecular weight excluding hydrogens is 246 g/mol. The predicted octanol–water partition coefficient (Wildman–Crippen LogP) is 3.98. The summed E-state index contributed by atoms with van der Waals surface area (Å²) in [6, 6.07) is 6.51. The van der Waals surface area contributed by atoms with Crippen LogP contribution < -0.4 is 10.1 Å². The molecule has 1 N–H and O–H groups in total. The first-order valence-electron chi connectivity index (χ1n) is 7.41. The molecule has 0 saturated heterocycles. The number of nitrogens with one attached hydrogen (secondary N) is 1. The average molecular weight is 273 g/mol. The van der Waals surface area contributed by atoms with E-state index in [1.165, 1.54) is 11.1 Å². The minimum absolute atomic E-state index is 0.130. The highest BCUT2D eigenvalue weighted by Crippen LogP contribution is 2.41. The molecule has 2 rings (SSSR count). The highest BCUT2D eigenvalue weighted by molar-refractivity contribution is 5.44. The van der Waals surface area contributed by atoms with Crippen molar-refractivity contribution in [1.82, 2.24) is 5.32 Å². The van der Waals surface area contributed by atoms with Crippen LogP contribution in [0.5, 0.6) is 5.75 Å². The van der Waals surface area contributed by atoms with Crippen molar-refractivity contribution in [3.63, 3.8) is 0 Å². The number of aryl methyl sites for hydroxylation is 1. The van der Waals surface area contributed by atoms with Crippen LogP contribution in [0.15, 0.2) is 30.4 Å². The Hall–Kier alpha value is -1.28. The Kier molecular flexibility index (Phi) is 4.24. The number of benzene rings is 1. The fourth-order valence-electron chi connectivity index (χ4n) is 2.83. The molecule has 0 unspecified atom stereocenters. The molecule has 1 aromatic carbocycles. The molecule has 0 radical (unpaired) electrons. The van der Waals surface area contributed by atoms with E-state index in [9.17, 15) is 0 Å². The van der Waals surface area contributed by atoms with Crippen molar-refractivity contribution in [2.24, 2.45) is 0 Å². The summed E-state index contributed by atoms with van der Waals surface area (Å²) in [5.74, 6) is 1.01. The van der Waals surface area contributed by atoms with Crippen molar-refractivity contribution < 1.29 is 4.74 Å². The molecule has 0 amide bonds. The van der Waals surface area contributed by atoms with Gasteiger partial charge in [-0.05, 0) is 46.6 Å². The molecule has 2 nitrogen and oxygen atoms in total. The molecule has 0 bridgehead atoms. The molecule has 0 aromatic heterocycles. The highest BCUT2D eigenvalue weighted by Gasteiger charge is 2.36. The van der Waals surface area contributed by atoms with E-state index in [0.717, 1.165) is 25.1 Å². The summed E-state index contributed by atoms with van der Waals surface area (Å²) in [5.41, 5.74) is 2.89. The van der Waals surface area contributed by atoms with E-state index in [1.807, 2.05) is 0 Å². The van der Waals surface area contributed by atoms with Gasteiger partial charge in [0, 0.05) is 23.1 Å². The van der Waals surface area contributed by atoms with Gasteiger partial charge < -0.3 is 10.1 Å². The zero-order valence-electron chi connectivity index (χ0n) is 13.4. The number of rotatable bonds is 4. The molecule has 1 aliphatic carbocycles. The van der Waals surface area contributed by atoms with Gasteiger partial charge in [-0.3, -0.25) is 0 Å². The summed E-state index contributed by atoms with van der Waals surface area (Å²) in [4.78, 5) is 0. The summed E-state index contributed by atoms with van der Waals surface area (Å²) < 4.78 is 5.61. The Morgan fingerprint density at radius 1 is 1.20 bits per heavy atom. The lowest BCUT2D eigenvalue weighted by molar-refractivity contribution is 0.325. The van der Waals surface area contributed by atoms with Crippen LogP contribution in [0, 0.1) is 6.92 Å². The minimum atomic E-state index is 0.130. The Morgan fingerprint density at radius 3 is 2.40 bits per heavy atom. The van der Waals surface area contributed by atoms with E-state index in [1.54, 1.807) is 7.11 Å². The Balaban J connectivity index is 2.35. The lowest BCUT2D eigenvalue weighted by Crippen LogP contribution is -2.45. The Morgan fingerprint density at radius 2 is 1.85 bits per heavy atom. The SMILES string of the molecule is COc1ccc(C)cc1C1(CNC(C)(C)C)CC=CC1. The van der Waals surface area contributed by atoms with Gasteiger partial charge in [0.1, 0.15) is 5.75 Å². The maximum atomic E-state index is 5.61. The first kappa shape index (κ1) is 15.1. The monoisotopic (exact) mass is 273 g/mol. The van der Waals surface area contributed by atoms with Crippen LogP contribution in [0.1, 0.15) is 44.7 Å². The third-order valence-corrected chi connectivity index (χ3v) is 4.07. The van der Waals surface area contributed by atoms with Gasteiger partial charge in [-0.15, -0.1) is 0 Å². The molecule has 1 aliphatic rings. The van der Waals surface area contributed by atoms with Crippen molar-refractivity contribution in [3.05, 3.63) is 41.5 Å². The standard InChI is InChI=1S/C18H27NO/c1-14-8-9-16(20-5)15(12-14)18(10-6-7-11-18)13-19-17(2,3)4/h6-9,12,19H,10-11,13H2,1-5H3. The number of ether oxygens (including phenoxy) is 1. The smallest absolute Gasteiger partial charge is 0.122 e. The fourth-order valence-corrected chi connectivity index (χ4v) is 2.83. The van der Waals surface area contributed by atoms with Gasteiger partial charge in [0.25, 0.3) is 0 Å². The Bertz CT molecular complexity index is 489. The molecule has 2 heteroatoms. The lowest BCUT2D eigenvalue weighted by Gasteiger charge is -2.35. The van der Waals surface area contributed by atoms with Crippen LogP contribution in [0.25, 0.3) is 0 Å². The molecular formula is C18H27NO. The van der Waals surface area contributed by atoms with E-state index >= 15 is 0 Å². The average Bonchev–Trinajstić information content (AvgIpc) is 2.85. The van der Waals surface area contributed by atoms with Gasteiger partial charge >= 0.3 is 0 Å². The van der Waals surface area contributed by atoms with Crippen molar-refractivity contribution in [1.29, 1.82) is 0 Å². The van der Waals surface area contributed by atoms with E-state index in [-0.39, 0.29) is 11.0 Å². The van der Waals surface area contributed by atoms with Crippen LogP contribution in [0.3, 0.4) is 0 Å². The van der Waals surface area contributed by atoms with Gasteiger partial charge in [-0.25, -0.2) is 0 Å². The van der Waals surface area contributed by atoms with Gasteiger partial charge in [-0.1, -0.05) is 29.8 Å². The van der Waals surface area contributed by atoms with Crippen LogP contribution in [0.4, 0.5) is 0 Å². The van der Waals surface area contributed by atoms with Crippen LogP contribution in [0.2, 0.25) is 0 Å². The minimum Gasteiger partial charge on any atom is -0.496 e. The lowest BCUT2D eigenvalue weighted by atomic mass is 9.76. The van der Waals surface area contributed by atoms with E-state index in [0.29, 0.717) is 0 Å². The van der Waals surface area contributed by atoms with Crippen molar-refractivity contribution in [2.45, 2.75) is 51.5 Å². The largest absolute Gasteiger partial charge is 0.496 e. The predicted molar refractivity (Wildman–Crippen MR) is 85.5 cm³/mol. The molecule has 0 saturated carbocycles. The van der Waals surface area contributed by atoms with Gasteiger partial charge in [0.2, 0.25) is 0 Å². The maximum absolute atomic E-state index is 5.61.